The Morgan fingerprint density at radius 1 is 1.44 bits per heavy atom. The maximum absolute atomic E-state index is 11.7. The SMILES string of the molecule is CCCC(N)C(=O)Cc1ccc(Cl)cc1Cl. The van der Waals surface area contributed by atoms with Gasteiger partial charge in [-0.25, -0.2) is 0 Å². The van der Waals surface area contributed by atoms with E-state index in [0.717, 1.165) is 12.0 Å². The highest BCUT2D eigenvalue weighted by atomic mass is 35.5. The second-order valence-corrected chi connectivity index (χ2v) is 4.62. The van der Waals surface area contributed by atoms with Crippen LogP contribution in [0.25, 0.3) is 0 Å². The maximum Gasteiger partial charge on any atom is 0.153 e. The van der Waals surface area contributed by atoms with E-state index in [1.807, 2.05) is 6.92 Å². The van der Waals surface area contributed by atoms with Crippen molar-refractivity contribution in [2.45, 2.75) is 32.2 Å². The highest BCUT2D eigenvalue weighted by Crippen LogP contribution is 2.21. The van der Waals surface area contributed by atoms with Crippen LogP contribution < -0.4 is 5.73 Å². The van der Waals surface area contributed by atoms with Crippen molar-refractivity contribution in [1.29, 1.82) is 0 Å². The fraction of sp³-hybridized carbons (Fsp3) is 0.417. The van der Waals surface area contributed by atoms with Crippen LogP contribution in [0.5, 0.6) is 0 Å². The average molecular weight is 260 g/mol. The molecule has 2 nitrogen and oxygen atoms in total. The fourth-order valence-electron chi connectivity index (χ4n) is 1.46. The topological polar surface area (TPSA) is 43.1 Å². The molecule has 4 heteroatoms. The third-order valence-corrected chi connectivity index (χ3v) is 2.98. The zero-order valence-corrected chi connectivity index (χ0v) is 10.7. The van der Waals surface area contributed by atoms with Gasteiger partial charge in [0.2, 0.25) is 0 Å². The van der Waals surface area contributed by atoms with Gasteiger partial charge in [-0.1, -0.05) is 42.6 Å². The Bertz CT molecular complexity index is 379. The van der Waals surface area contributed by atoms with Crippen molar-refractivity contribution in [3.63, 3.8) is 0 Å². The highest BCUT2D eigenvalue weighted by molar-refractivity contribution is 6.35. The Morgan fingerprint density at radius 3 is 2.69 bits per heavy atom. The molecule has 88 valence electrons. The molecule has 1 rings (SSSR count). The lowest BCUT2D eigenvalue weighted by atomic mass is 10.0. The van der Waals surface area contributed by atoms with E-state index in [9.17, 15) is 4.79 Å². The molecule has 2 N–H and O–H groups in total. The monoisotopic (exact) mass is 259 g/mol. The van der Waals surface area contributed by atoms with Crippen LogP contribution in [0.4, 0.5) is 0 Å². The van der Waals surface area contributed by atoms with E-state index in [1.165, 1.54) is 0 Å². The highest BCUT2D eigenvalue weighted by Gasteiger charge is 2.14. The van der Waals surface area contributed by atoms with Crippen molar-refractivity contribution in [3.05, 3.63) is 33.8 Å². The molecule has 0 aromatic heterocycles. The normalized spacial score (nSPS) is 12.5. The van der Waals surface area contributed by atoms with Gasteiger partial charge in [-0.15, -0.1) is 0 Å². The van der Waals surface area contributed by atoms with E-state index in [-0.39, 0.29) is 12.2 Å². The molecule has 0 heterocycles. The van der Waals surface area contributed by atoms with Gasteiger partial charge in [0, 0.05) is 16.5 Å². The molecule has 0 saturated carbocycles. The molecule has 0 saturated heterocycles. The zero-order valence-electron chi connectivity index (χ0n) is 9.17. The summed E-state index contributed by atoms with van der Waals surface area (Å²) >= 11 is 11.7. The van der Waals surface area contributed by atoms with Gasteiger partial charge in [-0.3, -0.25) is 4.79 Å². The van der Waals surface area contributed by atoms with E-state index >= 15 is 0 Å². The molecule has 0 fully saturated rings. The molecule has 1 unspecified atom stereocenters. The summed E-state index contributed by atoms with van der Waals surface area (Å²) in [5.74, 6) is 0.0195. The lowest BCUT2D eigenvalue weighted by Gasteiger charge is -2.10. The molecular formula is C12H15Cl2NO. The van der Waals surface area contributed by atoms with Crippen molar-refractivity contribution >= 4 is 29.0 Å². The summed E-state index contributed by atoms with van der Waals surface area (Å²) in [4.78, 5) is 11.7. The van der Waals surface area contributed by atoms with Crippen molar-refractivity contribution in [2.24, 2.45) is 5.73 Å². The number of benzene rings is 1. The summed E-state index contributed by atoms with van der Waals surface area (Å²) in [5, 5.41) is 1.09. The Kier molecular flexibility index (Phi) is 5.26. The summed E-state index contributed by atoms with van der Waals surface area (Å²) in [6, 6.07) is 4.73. The van der Waals surface area contributed by atoms with E-state index in [1.54, 1.807) is 18.2 Å². The van der Waals surface area contributed by atoms with Crippen molar-refractivity contribution in [1.82, 2.24) is 0 Å². The molecule has 0 bridgehead atoms. The van der Waals surface area contributed by atoms with E-state index in [4.69, 9.17) is 28.9 Å². The van der Waals surface area contributed by atoms with Gasteiger partial charge in [0.1, 0.15) is 0 Å². The van der Waals surface area contributed by atoms with Gasteiger partial charge in [0.15, 0.2) is 5.78 Å². The third-order valence-electron chi connectivity index (χ3n) is 2.39. The van der Waals surface area contributed by atoms with E-state index in [2.05, 4.69) is 0 Å². The van der Waals surface area contributed by atoms with Crippen LogP contribution in [0, 0.1) is 0 Å². The Balaban J connectivity index is 2.69. The van der Waals surface area contributed by atoms with Gasteiger partial charge in [0.05, 0.1) is 6.04 Å². The van der Waals surface area contributed by atoms with Gasteiger partial charge in [0.25, 0.3) is 0 Å². The Labute approximate surface area is 106 Å². The van der Waals surface area contributed by atoms with Crippen molar-refractivity contribution < 1.29 is 4.79 Å². The number of halogens is 2. The van der Waals surface area contributed by atoms with Gasteiger partial charge < -0.3 is 5.73 Å². The second-order valence-electron chi connectivity index (χ2n) is 3.77. The predicted octanol–water partition coefficient (Wildman–Crippen LogP) is 3.23. The Hall–Kier alpha value is -0.570. The molecule has 0 aliphatic rings. The largest absolute Gasteiger partial charge is 0.321 e. The van der Waals surface area contributed by atoms with Crippen LogP contribution in [0.15, 0.2) is 18.2 Å². The molecule has 0 radical (unpaired) electrons. The second kappa shape index (κ2) is 6.24. The van der Waals surface area contributed by atoms with Crippen LogP contribution in [0.1, 0.15) is 25.3 Å². The van der Waals surface area contributed by atoms with Crippen molar-refractivity contribution in [2.75, 3.05) is 0 Å². The lowest BCUT2D eigenvalue weighted by Crippen LogP contribution is -2.31. The number of carbonyl (C=O) groups excluding carboxylic acids is 1. The first kappa shape index (κ1) is 13.5. The summed E-state index contributed by atoms with van der Waals surface area (Å²) < 4.78 is 0. The van der Waals surface area contributed by atoms with Crippen LogP contribution >= 0.6 is 23.2 Å². The summed E-state index contributed by atoms with van der Waals surface area (Å²) in [6.07, 6.45) is 1.89. The molecule has 16 heavy (non-hydrogen) atoms. The molecule has 1 aromatic carbocycles. The van der Waals surface area contributed by atoms with E-state index in [0.29, 0.717) is 16.5 Å². The van der Waals surface area contributed by atoms with Crippen LogP contribution in [0.2, 0.25) is 10.0 Å². The van der Waals surface area contributed by atoms with Gasteiger partial charge in [-0.2, -0.15) is 0 Å². The molecule has 1 aromatic rings. The average Bonchev–Trinajstić information content (AvgIpc) is 2.22. The quantitative estimate of drug-likeness (QED) is 0.883. The Morgan fingerprint density at radius 2 is 2.12 bits per heavy atom. The molecule has 0 spiro atoms. The van der Waals surface area contributed by atoms with Crippen LogP contribution in [0.3, 0.4) is 0 Å². The number of nitrogens with two attached hydrogens (primary N) is 1. The fourth-order valence-corrected chi connectivity index (χ4v) is 1.93. The van der Waals surface area contributed by atoms with Crippen molar-refractivity contribution in [3.8, 4) is 0 Å². The first-order valence-electron chi connectivity index (χ1n) is 5.26. The standard InChI is InChI=1S/C12H15Cl2NO/c1-2-3-11(15)12(16)6-8-4-5-9(13)7-10(8)14/h4-5,7,11H,2-3,6,15H2,1H3. The first-order valence-corrected chi connectivity index (χ1v) is 6.02. The number of carbonyl (C=O) groups is 1. The number of Topliss-reactive ketones (excluding diaryl/α,β-unsaturated/α-hetero) is 1. The van der Waals surface area contributed by atoms with Gasteiger partial charge >= 0.3 is 0 Å². The van der Waals surface area contributed by atoms with Gasteiger partial charge in [-0.05, 0) is 24.1 Å². The first-order chi connectivity index (χ1) is 7.54. The number of ketones is 1. The smallest absolute Gasteiger partial charge is 0.153 e. The zero-order chi connectivity index (χ0) is 12.1. The minimum Gasteiger partial charge on any atom is -0.321 e. The molecule has 0 aliphatic carbocycles. The maximum atomic E-state index is 11.7. The third kappa shape index (κ3) is 3.78. The number of rotatable bonds is 5. The molecule has 1 atom stereocenters. The van der Waals surface area contributed by atoms with E-state index < -0.39 is 6.04 Å². The van der Waals surface area contributed by atoms with Crippen LogP contribution in [-0.4, -0.2) is 11.8 Å². The minimum absolute atomic E-state index is 0.0195. The summed E-state index contributed by atoms with van der Waals surface area (Å²) in [7, 11) is 0. The summed E-state index contributed by atoms with van der Waals surface area (Å²) in [6.45, 7) is 2.00. The molecular weight excluding hydrogens is 245 g/mol. The lowest BCUT2D eigenvalue weighted by molar-refractivity contribution is -0.119. The minimum atomic E-state index is -0.392. The van der Waals surface area contributed by atoms with Crippen LogP contribution in [-0.2, 0) is 11.2 Å². The number of hydrogen-bond acceptors (Lipinski definition) is 2. The summed E-state index contributed by atoms with van der Waals surface area (Å²) in [5.41, 5.74) is 6.52. The predicted molar refractivity (Wildman–Crippen MR) is 68.1 cm³/mol. The number of hydrogen-bond donors (Lipinski definition) is 1. The molecule has 0 amide bonds. The molecule has 0 aliphatic heterocycles.